The van der Waals surface area contributed by atoms with Crippen LogP contribution in [0.2, 0.25) is 0 Å². The molecule has 1 aliphatic heterocycles. The monoisotopic (exact) mass is 333 g/mol. The van der Waals surface area contributed by atoms with E-state index in [1.165, 1.54) is 0 Å². The summed E-state index contributed by atoms with van der Waals surface area (Å²) < 4.78 is 5.16. The normalized spacial score (nSPS) is 17.4. The molecule has 1 saturated heterocycles. The maximum atomic E-state index is 12.0. The second-order valence-corrected chi connectivity index (χ2v) is 7.10. The van der Waals surface area contributed by atoms with E-state index < -0.39 is 6.09 Å². The maximum absolute atomic E-state index is 12.0. The lowest BCUT2D eigenvalue weighted by atomic mass is 10.1. The molecule has 1 unspecified atom stereocenters. The summed E-state index contributed by atoms with van der Waals surface area (Å²) in [7, 11) is 0. The molecule has 1 aromatic carbocycles. The van der Waals surface area contributed by atoms with Gasteiger partial charge in [-0.15, -0.1) is 0 Å². The molecule has 1 fully saturated rings. The van der Waals surface area contributed by atoms with Crippen molar-refractivity contribution < 1.29 is 14.3 Å². The summed E-state index contributed by atoms with van der Waals surface area (Å²) in [5.41, 5.74) is 1.53. The van der Waals surface area contributed by atoms with E-state index in [4.69, 9.17) is 4.74 Å². The molecule has 0 spiro atoms. The van der Waals surface area contributed by atoms with Gasteiger partial charge < -0.3 is 20.7 Å². The van der Waals surface area contributed by atoms with Gasteiger partial charge in [0.25, 0.3) is 0 Å². The highest BCUT2D eigenvalue weighted by Crippen LogP contribution is 2.13. The molecule has 0 radical (unpaired) electrons. The molecule has 2 amide bonds. The molecular formula is C18H27N3O3. The number of carbonyl (C=O) groups is 2. The third kappa shape index (κ3) is 6.20. The summed E-state index contributed by atoms with van der Waals surface area (Å²) in [6.45, 7) is 6.94. The first-order valence-corrected chi connectivity index (χ1v) is 8.42. The zero-order valence-corrected chi connectivity index (χ0v) is 14.6. The zero-order chi connectivity index (χ0) is 17.6. The van der Waals surface area contributed by atoms with E-state index in [0.29, 0.717) is 13.0 Å². The first kappa shape index (κ1) is 18.3. The smallest absolute Gasteiger partial charge is 0.407 e. The second-order valence-electron chi connectivity index (χ2n) is 7.10. The Hall–Kier alpha value is -2.08. The minimum Gasteiger partial charge on any atom is -0.449 e. The standard InChI is InChI=1S/C18H27N3O3/c1-18(2,3)21-17(23)24-12-10-13-6-8-14(9-7-13)20-16(22)15-5-4-11-19-15/h6-9,15,19H,4-5,10-12H2,1-3H3,(H,20,22)(H,21,23). The van der Waals surface area contributed by atoms with Gasteiger partial charge in [0.1, 0.15) is 0 Å². The Bertz CT molecular complexity index is 558. The molecule has 0 aromatic heterocycles. The van der Waals surface area contributed by atoms with Crippen molar-refractivity contribution in [3.05, 3.63) is 29.8 Å². The van der Waals surface area contributed by atoms with Crippen molar-refractivity contribution in [3.8, 4) is 0 Å². The Kier molecular flexibility index (Phi) is 6.20. The molecule has 1 heterocycles. The lowest BCUT2D eigenvalue weighted by Gasteiger charge is -2.19. The van der Waals surface area contributed by atoms with Gasteiger partial charge in [0.05, 0.1) is 12.6 Å². The molecule has 1 atom stereocenters. The maximum Gasteiger partial charge on any atom is 0.407 e. The van der Waals surface area contributed by atoms with Gasteiger partial charge in [-0.05, 0) is 57.9 Å². The zero-order valence-electron chi connectivity index (χ0n) is 14.6. The average Bonchev–Trinajstić information content (AvgIpc) is 3.01. The van der Waals surface area contributed by atoms with Crippen molar-refractivity contribution in [2.24, 2.45) is 0 Å². The van der Waals surface area contributed by atoms with Crippen LogP contribution in [0.25, 0.3) is 0 Å². The lowest BCUT2D eigenvalue weighted by Crippen LogP contribution is -2.41. The second kappa shape index (κ2) is 8.15. The third-order valence-corrected chi connectivity index (χ3v) is 3.70. The topological polar surface area (TPSA) is 79.5 Å². The van der Waals surface area contributed by atoms with Gasteiger partial charge in [0, 0.05) is 17.6 Å². The molecule has 6 heteroatoms. The largest absolute Gasteiger partial charge is 0.449 e. The Balaban J connectivity index is 1.73. The van der Waals surface area contributed by atoms with Crippen LogP contribution in [0.5, 0.6) is 0 Å². The SMILES string of the molecule is CC(C)(C)NC(=O)OCCc1ccc(NC(=O)C2CCCN2)cc1. The summed E-state index contributed by atoms with van der Waals surface area (Å²) >= 11 is 0. The van der Waals surface area contributed by atoms with Gasteiger partial charge in [0.15, 0.2) is 0 Å². The molecule has 1 aromatic rings. The van der Waals surface area contributed by atoms with E-state index >= 15 is 0 Å². The molecule has 2 rings (SSSR count). The van der Waals surface area contributed by atoms with Gasteiger partial charge in [-0.3, -0.25) is 4.79 Å². The fourth-order valence-electron chi connectivity index (χ4n) is 2.50. The molecule has 3 N–H and O–H groups in total. The number of benzene rings is 1. The van der Waals surface area contributed by atoms with E-state index in [-0.39, 0.29) is 17.5 Å². The summed E-state index contributed by atoms with van der Waals surface area (Å²) in [6.07, 6.45) is 2.16. The Morgan fingerprint density at radius 2 is 1.96 bits per heavy atom. The van der Waals surface area contributed by atoms with Gasteiger partial charge >= 0.3 is 6.09 Å². The predicted molar refractivity (Wildman–Crippen MR) is 94.0 cm³/mol. The summed E-state index contributed by atoms with van der Waals surface area (Å²) in [5, 5.41) is 8.84. The molecule has 0 saturated carbocycles. The Labute approximate surface area is 143 Å². The number of anilines is 1. The van der Waals surface area contributed by atoms with E-state index in [9.17, 15) is 9.59 Å². The van der Waals surface area contributed by atoms with Crippen LogP contribution in [0.15, 0.2) is 24.3 Å². The Morgan fingerprint density at radius 3 is 2.54 bits per heavy atom. The van der Waals surface area contributed by atoms with Gasteiger partial charge in [-0.1, -0.05) is 12.1 Å². The highest BCUT2D eigenvalue weighted by molar-refractivity contribution is 5.95. The van der Waals surface area contributed by atoms with Crippen LogP contribution in [0.4, 0.5) is 10.5 Å². The average molecular weight is 333 g/mol. The highest BCUT2D eigenvalue weighted by atomic mass is 16.5. The molecule has 1 aliphatic rings. The van der Waals surface area contributed by atoms with Gasteiger partial charge in [0.2, 0.25) is 5.91 Å². The highest BCUT2D eigenvalue weighted by Gasteiger charge is 2.21. The number of carbonyl (C=O) groups excluding carboxylic acids is 2. The first-order valence-electron chi connectivity index (χ1n) is 8.42. The quantitative estimate of drug-likeness (QED) is 0.773. The third-order valence-electron chi connectivity index (χ3n) is 3.70. The van der Waals surface area contributed by atoms with E-state index in [2.05, 4.69) is 16.0 Å². The van der Waals surface area contributed by atoms with Crippen LogP contribution in [-0.2, 0) is 16.0 Å². The van der Waals surface area contributed by atoms with Gasteiger partial charge in [-0.25, -0.2) is 4.79 Å². The molecular weight excluding hydrogens is 306 g/mol. The van der Waals surface area contributed by atoms with Crippen molar-refractivity contribution >= 4 is 17.7 Å². The summed E-state index contributed by atoms with van der Waals surface area (Å²) in [5.74, 6) is 0.0161. The summed E-state index contributed by atoms with van der Waals surface area (Å²) in [6, 6.07) is 7.53. The van der Waals surface area contributed by atoms with Crippen LogP contribution in [0.1, 0.15) is 39.2 Å². The number of nitrogens with one attached hydrogen (secondary N) is 3. The van der Waals surface area contributed by atoms with E-state index in [1.54, 1.807) is 0 Å². The molecule has 132 valence electrons. The number of ether oxygens (including phenoxy) is 1. The van der Waals surface area contributed by atoms with Crippen LogP contribution in [0, 0.1) is 0 Å². The number of hydrogen-bond acceptors (Lipinski definition) is 4. The Morgan fingerprint density at radius 1 is 1.25 bits per heavy atom. The number of amides is 2. The van der Waals surface area contributed by atoms with Crippen molar-refractivity contribution in [3.63, 3.8) is 0 Å². The fraction of sp³-hybridized carbons (Fsp3) is 0.556. The molecule has 24 heavy (non-hydrogen) atoms. The van der Waals surface area contributed by atoms with Crippen molar-refractivity contribution in [2.45, 2.75) is 51.6 Å². The fourth-order valence-corrected chi connectivity index (χ4v) is 2.50. The number of rotatable bonds is 5. The first-order chi connectivity index (χ1) is 11.3. The van der Waals surface area contributed by atoms with Crippen molar-refractivity contribution in [1.29, 1.82) is 0 Å². The van der Waals surface area contributed by atoms with Gasteiger partial charge in [-0.2, -0.15) is 0 Å². The molecule has 0 bridgehead atoms. The van der Waals surface area contributed by atoms with E-state index in [1.807, 2.05) is 45.0 Å². The molecule has 6 nitrogen and oxygen atoms in total. The van der Waals surface area contributed by atoms with Crippen LogP contribution < -0.4 is 16.0 Å². The minimum absolute atomic E-state index is 0.0161. The van der Waals surface area contributed by atoms with Crippen LogP contribution in [0.3, 0.4) is 0 Å². The van der Waals surface area contributed by atoms with Crippen LogP contribution in [-0.4, -0.2) is 36.7 Å². The minimum atomic E-state index is -0.407. The number of hydrogen-bond donors (Lipinski definition) is 3. The van der Waals surface area contributed by atoms with Crippen LogP contribution >= 0.6 is 0 Å². The number of alkyl carbamates (subject to hydrolysis) is 1. The predicted octanol–water partition coefficient (Wildman–Crippen LogP) is 2.44. The van der Waals surface area contributed by atoms with Crippen molar-refractivity contribution in [1.82, 2.24) is 10.6 Å². The lowest BCUT2D eigenvalue weighted by molar-refractivity contribution is -0.117. The van der Waals surface area contributed by atoms with Crippen molar-refractivity contribution in [2.75, 3.05) is 18.5 Å². The summed E-state index contributed by atoms with van der Waals surface area (Å²) in [4.78, 5) is 23.6. The molecule has 0 aliphatic carbocycles. The van der Waals surface area contributed by atoms with E-state index in [0.717, 1.165) is 30.6 Å².